The first-order chi connectivity index (χ1) is 8.62. The van der Waals surface area contributed by atoms with Crippen molar-refractivity contribution in [3.05, 3.63) is 11.7 Å². The third-order valence-corrected chi connectivity index (χ3v) is 3.61. The van der Waals surface area contributed by atoms with Crippen LogP contribution in [0.25, 0.3) is 0 Å². The highest BCUT2D eigenvalue weighted by Gasteiger charge is 2.38. The fraction of sp³-hybridized carbons (Fsp3) is 0.833. The lowest BCUT2D eigenvalue weighted by molar-refractivity contribution is -0.0418. The van der Waals surface area contributed by atoms with E-state index in [1.165, 1.54) is 12.8 Å². The Bertz CT molecular complexity index is 417. The van der Waals surface area contributed by atoms with Gasteiger partial charge in [-0.05, 0) is 25.7 Å². The Morgan fingerprint density at radius 2 is 2.17 bits per heavy atom. The van der Waals surface area contributed by atoms with E-state index in [-0.39, 0.29) is 18.8 Å². The standard InChI is InChI=1S/C12H17F2N3O/c13-12(14)5-1-2-8(6-12)11-16-10(18-17-11)7-15-9-3-4-9/h8-9,15H,1-7H2. The summed E-state index contributed by atoms with van der Waals surface area (Å²) in [6.45, 7) is 0.542. The molecule has 18 heavy (non-hydrogen) atoms. The van der Waals surface area contributed by atoms with Crippen molar-refractivity contribution in [1.82, 2.24) is 15.5 Å². The van der Waals surface area contributed by atoms with Gasteiger partial charge >= 0.3 is 0 Å². The summed E-state index contributed by atoms with van der Waals surface area (Å²) in [4.78, 5) is 4.23. The summed E-state index contributed by atoms with van der Waals surface area (Å²) in [5.74, 6) is -1.88. The molecule has 1 heterocycles. The average molecular weight is 257 g/mol. The van der Waals surface area contributed by atoms with Crippen molar-refractivity contribution < 1.29 is 13.3 Å². The van der Waals surface area contributed by atoms with Gasteiger partial charge in [-0.15, -0.1) is 0 Å². The van der Waals surface area contributed by atoms with E-state index in [1.54, 1.807) is 0 Å². The number of alkyl halides is 2. The monoisotopic (exact) mass is 257 g/mol. The quantitative estimate of drug-likeness (QED) is 0.900. The molecular weight excluding hydrogens is 240 g/mol. The predicted octanol–water partition coefficient (Wildman–Crippen LogP) is 2.61. The zero-order valence-electron chi connectivity index (χ0n) is 10.2. The van der Waals surface area contributed by atoms with E-state index in [1.807, 2.05) is 0 Å². The summed E-state index contributed by atoms with van der Waals surface area (Å²) in [6, 6.07) is 0.569. The zero-order chi connectivity index (χ0) is 12.6. The second-order valence-electron chi connectivity index (χ2n) is 5.35. The van der Waals surface area contributed by atoms with Crippen LogP contribution in [0.2, 0.25) is 0 Å². The first-order valence-electron chi connectivity index (χ1n) is 6.56. The van der Waals surface area contributed by atoms with Gasteiger partial charge in [-0.1, -0.05) is 5.16 Å². The van der Waals surface area contributed by atoms with Crippen LogP contribution in [0.15, 0.2) is 4.52 Å². The summed E-state index contributed by atoms with van der Waals surface area (Å²) in [7, 11) is 0. The number of rotatable bonds is 4. The number of halogens is 2. The molecule has 4 nitrogen and oxygen atoms in total. The summed E-state index contributed by atoms with van der Waals surface area (Å²) >= 11 is 0. The fourth-order valence-electron chi connectivity index (χ4n) is 2.42. The third-order valence-electron chi connectivity index (χ3n) is 3.61. The molecule has 0 aromatic carbocycles. The van der Waals surface area contributed by atoms with Crippen molar-refractivity contribution in [2.24, 2.45) is 0 Å². The number of hydrogen-bond donors (Lipinski definition) is 1. The summed E-state index contributed by atoms with van der Waals surface area (Å²) in [5, 5.41) is 7.11. The molecule has 100 valence electrons. The summed E-state index contributed by atoms with van der Waals surface area (Å²) in [5.41, 5.74) is 0. The van der Waals surface area contributed by atoms with Crippen LogP contribution in [-0.4, -0.2) is 22.1 Å². The molecule has 3 rings (SSSR count). The van der Waals surface area contributed by atoms with Crippen molar-refractivity contribution in [2.75, 3.05) is 0 Å². The minimum absolute atomic E-state index is 0.0164. The third kappa shape index (κ3) is 2.85. The lowest BCUT2D eigenvalue weighted by atomic mass is 9.86. The van der Waals surface area contributed by atoms with E-state index in [0.717, 1.165) is 6.42 Å². The van der Waals surface area contributed by atoms with Gasteiger partial charge in [-0.2, -0.15) is 4.98 Å². The van der Waals surface area contributed by atoms with Gasteiger partial charge in [0, 0.05) is 24.8 Å². The molecular formula is C12H17F2N3O. The maximum absolute atomic E-state index is 13.3. The smallest absolute Gasteiger partial charge is 0.248 e. The molecule has 0 radical (unpaired) electrons. The highest BCUT2D eigenvalue weighted by Crippen LogP contribution is 2.40. The van der Waals surface area contributed by atoms with Crippen LogP contribution in [0.1, 0.15) is 56.2 Å². The molecule has 1 aromatic heterocycles. The van der Waals surface area contributed by atoms with Gasteiger partial charge in [-0.25, -0.2) is 8.78 Å². The van der Waals surface area contributed by atoms with Crippen LogP contribution in [0.5, 0.6) is 0 Å². The van der Waals surface area contributed by atoms with Gasteiger partial charge in [0.2, 0.25) is 11.8 Å². The van der Waals surface area contributed by atoms with Crippen LogP contribution in [0.4, 0.5) is 8.78 Å². The number of hydrogen-bond acceptors (Lipinski definition) is 4. The highest BCUT2D eigenvalue weighted by atomic mass is 19.3. The van der Waals surface area contributed by atoms with Crippen LogP contribution in [0.3, 0.4) is 0 Å². The second kappa shape index (κ2) is 4.57. The van der Waals surface area contributed by atoms with Crippen LogP contribution >= 0.6 is 0 Å². The minimum Gasteiger partial charge on any atom is -0.338 e. The van der Waals surface area contributed by atoms with E-state index in [4.69, 9.17) is 4.52 Å². The lowest BCUT2D eigenvalue weighted by Gasteiger charge is -2.26. The van der Waals surface area contributed by atoms with Gasteiger partial charge < -0.3 is 9.84 Å². The molecule has 0 bridgehead atoms. The average Bonchev–Trinajstić information content (AvgIpc) is 3.02. The van der Waals surface area contributed by atoms with E-state index in [2.05, 4.69) is 15.5 Å². The molecule has 2 aliphatic carbocycles. The maximum Gasteiger partial charge on any atom is 0.248 e. The fourth-order valence-corrected chi connectivity index (χ4v) is 2.42. The Balaban J connectivity index is 1.60. The van der Waals surface area contributed by atoms with Crippen molar-refractivity contribution in [3.8, 4) is 0 Å². The Labute approximate surface area is 104 Å². The molecule has 1 atom stereocenters. The normalized spacial score (nSPS) is 27.3. The molecule has 6 heteroatoms. The van der Waals surface area contributed by atoms with Gasteiger partial charge in [-0.3, -0.25) is 0 Å². The SMILES string of the molecule is FC1(F)CCCC(c2noc(CNC3CC3)n2)C1. The predicted molar refractivity (Wildman–Crippen MR) is 60.3 cm³/mol. The van der Waals surface area contributed by atoms with Gasteiger partial charge in [0.15, 0.2) is 5.82 Å². The number of aromatic nitrogens is 2. The van der Waals surface area contributed by atoms with Gasteiger partial charge in [0.1, 0.15) is 0 Å². The minimum atomic E-state index is -2.57. The first kappa shape index (κ1) is 12.0. The summed E-state index contributed by atoms with van der Waals surface area (Å²) < 4.78 is 31.7. The number of nitrogens with one attached hydrogen (secondary N) is 1. The Kier molecular flexibility index (Phi) is 3.05. The van der Waals surface area contributed by atoms with E-state index in [9.17, 15) is 8.78 Å². The molecule has 0 aliphatic heterocycles. The largest absolute Gasteiger partial charge is 0.338 e. The second-order valence-corrected chi connectivity index (χ2v) is 5.35. The Morgan fingerprint density at radius 3 is 2.89 bits per heavy atom. The van der Waals surface area contributed by atoms with E-state index in [0.29, 0.717) is 30.7 Å². The molecule has 0 spiro atoms. The molecule has 1 N–H and O–H groups in total. The van der Waals surface area contributed by atoms with Crippen molar-refractivity contribution in [2.45, 2.75) is 63.0 Å². The molecule has 2 saturated carbocycles. The first-order valence-corrected chi connectivity index (χ1v) is 6.56. The molecule has 0 saturated heterocycles. The van der Waals surface area contributed by atoms with Crippen molar-refractivity contribution in [3.63, 3.8) is 0 Å². The van der Waals surface area contributed by atoms with Crippen LogP contribution < -0.4 is 5.32 Å². The number of nitrogens with zero attached hydrogens (tertiary/aromatic N) is 2. The van der Waals surface area contributed by atoms with E-state index >= 15 is 0 Å². The molecule has 1 aromatic rings. The lowest BCUT2D eigenvalue weighted by Crippen LogP contribution is -2.25. The molecule has 2 aliphatic rings. The Hall–Kier alpha value is -1.04. The molecule has 0 amide bonds. The topological polar surface area (TPSA) is 51.0 Å². The van der Waals surface area contributed by atoms with E-state index < -0.39 is 5.92 Å². The van der Waals surface area contributed by atoms with Crippen molar-refractivity contribution >= 4 is 0 Å². The molecule has 2 fully saturated rings. The highest BCUT2D eigenvalue weighted by molar-refractivity contribution is 5.00. The van der Waals surface area contributed by atoms with Gasteiger partial charge in [0.25, 0.3) is 0 Å². The zero-order valence-corrected chi connectivity index (χ0v) is 10.2. The Morgan fingerprint density at radius 1 is 1.33 bits per heavy atom. The summed E-state index contributed by atoms with van der Waals surface area (Å²) in [6.07, 6.45) is 3.47. The van der Waals surface area contributed by atoms with Crippen molar-refractivity contribution in [1.29, 1.82) is 0 Å². The van der Waals surface area contributed by atoms with Gasteiger partial charge in [0.05, 0.1) is 6.54 Å². The van der Waals surface area contributed by atoms with Crippen LogP contribution in [-0.2, 0) is 6.54 Å². The molecule has 1 unspecified atom stereocenters. The maximum atomic E-state index is 13.3. The van der Waals surface area contributed by atoms with Crippen LogP contribution in [0, 0.1) is 0 Å².